The number of carbonyl (C=O) groups excluding carboxylic acids is 1. The SMILES string of the molecule is COc1cc(NC(=O)c2ccccc2I)c(C(=O)O)cc1OC. The molecule has 2 aromatic carbocycles. The summed E-state index contributed by atoms with van der Waals surface area (Å²) in [6.45, 7) is 0. The van der Waals surface area contributed by atoms with E-state index >= 15 is 0 Å². The standard InChI is InChI=1S/C16H14INO5/c1-22-13-7-10(16(20)21)12(8-14(13)23-2)18-15(19)9-5-3-4-6-11(9)17/h3-8H,1-2H3,(H,18,19)(H,20,21). The summed E-state index contributed by atoms with van der Waals surface area (Å²) in [4.78, 5) is 23.8. The van der Waals surface area contributed by atoms with Gasteiger partial charge < -0.3 is 19.9 Å². The number of anilines is 1. The van der Waals surface area contributed by atoms with Gasteiger partial charge in [-0.25, -0.2) is 4.79 Å². The lowest BCUT2D eigenvalue weighted by Crippen LogP contribution is -2.16. The summed E-state index contributed by atoms with van der Waals surface area (Å²) in [6, 6.07) is 9.75. The van der Waals surface area contributed by atoms with Crippen LogP contribution in [-0.2, 0) is 0 Å². The van der Waals surface area contributed by atoms with Crippen molar-refractivity contribution in [1.29, 1.82) is 0 Å². The van der Waals surface area contributed by atoms with Crippen molar-refractivity contribution < 1.29 is 24.2 Å². The summed E-state index contributed by atoms with van der Waals surface area (Å²) < 4.78 is 11.0. The number of carbonyl (C=O) groups is 2. The zero-order valence-corrected chi connectivity index (χ0v) is 14.6. The summed E-state index contributed by atoms with van der Waals surface area (Å²) in [6.07, 6.45) is 0. The molecular formula is C16H14INO5. The average Bonchev–Trinajstić information content (AvgIpc) is 2.54. The number of carboxylic acid groups (broad SMARTS) is 1. The van der Waals surface area contributed by atoms with Crippen LogP contribution in [0.25, 0.3) is 0 Å². The first-order valence-corrected chi connectivity index (χ1v) is 7.61. The summed E-state index contributed by atoms with van der Waals surface area (Å²) in [7, 11) is 2.85. The van der Waals surface area contributed by atoms with E-state index in [1.54, 1.807) is 18.2 Å². The predicted molar refractivity (Wildman–Crippen MR) is 93.6 cm³/mol. The number of nitrogens with one attached hydrogen (secondary N) is 1. The second kappa shape index (κ2) is 7.32. The van der Waals surface area contributed by atoms with E-state index in [1.165, 1.54) is 26.4 Å². The van der Waals surface area contributed by atoms with Crippen molar-refractivity contribution in [2.24, 2.45) is 0 Å². The minimum atomic E-state index is -1.18. The Morgan fingerprint density at radius 3 is 2.22 bits per heavy atom. The van der Waals surface area contributed by atoms with Crippen molar-refractivity contribution in [1.82, 2.24) is 0 Å². The van der Waals surface area contributed by atoms with Gasteiger partial charge in [-0.05, 0) is 34.7 Å². The molecule has 7 heteroatoms. The maximum atomic E-state index is 12.4. The van der Waals surface area contributed by atoms with Crippen LogP contribution in [0.1, 0.15) is 20.7 Å². The third-order valence-corrected chi connectivity index (χ3v) is 4.06. The number of halogens is 1. The molecule has 2 rings (SSSR count). The van der Waals surface area contributed by atoms with E-state index in [1.807, 2.05) is 28.7 Å². The number of hydrogen-bond donors (Lipinski definition) is 2. The Hall–Kier alpha value is -2.29. The Kier molecular flexibility index (Phi) is 5.43. The van der Waals surface area contributed by atoms with Gasteiger partial charge in [-0.2, -0.15) is 0 Å². The highest BCUT2D eigenvalue weighted by molar-refractivity contribution is 14.1. The number of carboxylic acids is 1. The molecule has 0 spiro atoms. The van der Waals surface area contributed by atoms with Crippen LogP contribution in [0.15, 0.2) is 36.4 Å². The zero-order valence-electron chi connectivity index (χ0n) is 12.4. The molecule has 23 heavy (non-hydrogen) atoms. The van der Waals surface area contributed by atoms with E-state index in [0.29, 0.717) is 11.3 Å². The molecule has 0 fully saturated rings. The number of aromatic carboxylic acids is 1. The summed E-state index contributed by atoms with van der Waals surface area (Å²) in [5.74, 6) is -0.971. The van der Waals surface area contributed by atoms with Gasteiger partial charge >= 0.3 is 5.97 Å². The minimum Gasteiger partial charge on any atom is -0.493 e. The van der Waals surface area contributed by atoms with Crippen LogP contribution in [0, 0.1) is 3.57 Å². The highest BCUT2D eigenvalue weighted by Crippen LogP contribution is 2.33. The number of methoxy groups -OCH3 is 2. The van der Waals surface area contributed by atoms with Gasteiger partial charge in [0.25, 0.3) is 5.91 Å². The molecule has 0 saturated carbocycles. The number of ether oxygens (including phenoxy) is 2. The largest absolute Gasteiger partial charge is 0.493 e. The van der Waals surface area contributed by atoms with Crippen LogP contribution in [-0.4, -0.2) is 31.2 Å². The van der Waals surface area contributed by atoms with Crippen molar-refractivity contribution in [2.45, 2.75) is 0 Å². The van der Waals surface area contributed by atoms with Gasteiger partial charge in [0.2, 0.25) is 0 Å². The first-order chi connectivity index (χ1) is 11.0. The summed E-state index contributed by atoms with van der Waals surface area (Å²) in [5.41, 5.74) is 0.515. The van der Waals surface area contributed by atoms with Crippen LogP contribution in [0.5, 0.6) is 11.5 Å². The highest BCUT2D eigenvalue weighted by atomic mass is 127. The van der Waals surface area contributed by atoms with Crippen LogP contribution >= 0.6 is 22.6 Å². The molecule has 6 nitrogen and oxygen atoms in total. The van der Waals surface area contributed by atoms with E-state index in [2.05, 4.69) is 5.32 Å². The normalized spacial score (nSPS) is 10.0. The smallest absolute Gasteiger partial charge is 0.337 e. The van der Waals surface area contributed by atoms with Gasteiger partial charge in [0.05, 0.1) is 31.0 Å². The van der Waals surface area contributed by atoms with Crippen molar-refractivity contribution >= 4 is 40.2 Å². The van der Waals surface area contributed by atoms with Gasteiger partial charge in [0, 0.05) is 15.7 Å². The predicted octanol–water partition coefficient (Wildman–Crippen LogP) is 3.26. The van der Waals surface area contributed by atoms with Gasteiger partial charge in [-0.1, -0.05) is 12.1 Å². The Labute approximate surface area is 146 Å². The molecule has 0 saturated heterocycles. The van der Waals surface area contributed by atoms with Crippen molar-refractivity contribution in [3.8, 4) is 11.5 Å². The second-order valence-electron chi connectivity index (χ2n) is 4.49. The summed E-state index contributed by atoms with van der Waals surface area (Å²) in [5, 5.41) is 12.0. The maximum Gasteiger partial charge on any atom is 0.337 e. The number of amides is 1. The fraction of sp³-hybridized carbons (Fsp3) is 0.125. The van der Waals surface area contributed by atoms with Crippen molar-refractivity contribution in [2.75, 3.05) is 19.5 Å². The Morgan fingerprint density at radius 1 is 1.04 bits per heavy atom. The number of hydrogen-bond acceptors (Lipinski definition) is 4. The van der Waals surface area contributed by atoms with Crippen LogP contribution < -0.4 is 14.8 Å². The second-order valence-corrected chi connectivity index (χ2v) is 5.65. The van der Waals surface area contributed by atoms with Crippen molar-refractivity contribution in [3.63, 3.8) is 0 Å². The minimum absolute atomic E-state index is 0.0815. The molecule has 0 aliphatic rings. The van der Waals surface area contributed by atoms with Crippen molar-refractivity contribution in [3.05, 3.63) is 51.1 Å². The molecule has 0 unspecified atom stereocenters. The van der Waals surface area contributed by atoms with Crippen LogP contribution in [0.4, 0.5) is 5.69 Å². The molecule has 120 valence electrons. The van der Waals surface area contributed by atoms with Crippen LogP contribution in [0.3, 0.4) is 0 Å². The van der Waals surface area contributed by atoms with Gasteiger partial charge in [0.1, 0.15) is 0 Å². The fourth-order valence-electron chi connectivity index (χ4n) is 1.99. The lowest BCUT2D eigenvalue weighted by atomic mass is 10.1. The lowest BCUT2D eigenvalue weighted by molar-refractivity contribution is 0.0697. The molecule has 2 N–H and O–H groups in total. The van der Waals surface area contributed by atoms with E-state index in [0.717, 1.165) is 3.57 Å². The molecule has 0 bridgehead atoms. The van der Waals surface area contributed by atoms with E-state index in [-0.39, 0.29) is 17.0 Å². The van der Waals surface area contributed by atoms with E-state index < -0.39 is 11.9 Å². The summed E-state index contributed by atoms with van der Waals surface area (Å²) >= 11 is 2.04. The molecule has 0 aromatic heterocycles. The van der Waals surface area contributed by atoms with E-state index in [4.69, 9.17) is 9.47 Å². The number of benzene rings is 2. The Morgan fingerprint density at radius 2 is 1.65 bits per heavy atom. The Balaban J connectivity index is 2.44. The Bertz CT molecular complexity index is 760. The van der Waals surface area contributed by atoms with Gasteiger partial charge in [0.15, 0.2) is 11.5 Å². The average molecular weight is 427 g/mol. The molecule has 0 aliphatic heterocycles. The highest BCUT2D eigenvalue weighted by Gasteiger charge is 2.19. The van der Waals surface area contributed by atoms with Crippen LogP contribution in [0.2, 0.25) is 0 Å². The molecule has 1 amide bonds. The lowest BCUT2D eigenvalue weighted by Gasteiger charge is -2.14. The molecule has 0 aliphatic carbocycles. The molecule has 0 heterocycles. The molecule has 2 aromatic rings. The van der Waals surface area contributed by atoms with Gasteiger partial charge in [-0.15, -0.1) is 0 Å². The quantitative estimate of drug-likeness (QED) is 0.716. The fourth-order valence-corrected chi connectivity index (χ4v) is 2.63. The molecule has 0 radical (unpaired) electrons. The van der Waals surface area contributed by atoms with E-state index in [9.17, 15) is 14.7 Å². The first-order valence-electron chi connectivity index (χ1n) is 6.53. The zero-order chi connectivity index (χ0) is 17.0. The third kappa shape index (κ3) is 3.73. The topological polar surface area (TPSA) is 84.9 Å². The monoisotopic (exact) mass is 427 g/mol. The molecular weight excluding hydrogens is 413 g/mol. The molecule has 0 atom stereocenters. The maximum absolute atomic E-state index is 12.4. The van der Waals surface area contributed by atoms with Gasteiger partial charge in [-0.3, -0.25) is 4.79 Å². The first kappa shape index (κ1) is 17.1. The third-order valence-electron chi connectivity index (χ3n) is 3.12. The number of rotatable bonds is 5.